The molecule has 2 rings (SSSR count). The van der Waals surface area contributed by atoms with Crippen LogP contribution >= 0.6 is 0 Å². The molecule has 1 atom stereocenters. The molecule has 0 aliphatic heterocycles. The molecule has 0 spiro atoms. The largest absolute Gasteiger partial charge is 0.547 e. The lowest BCUT2D eigenvalue weighted by molar-refractivity contribution is -0.330. The molecule has 0 unspecified atom stereocenters. The van der Waals surface area contributed by atoms with Crippen molar-refractivity contribution in [2.75, 3.05) is 0 Å². The minimum atomic E-state index is -1.82. The summed E-state index contributed by atoms with van der Waals surface area (Å²) in [6.45, 7) is 0. The van der Waals surface area contributed by atoms with E-state index in [-0.39, 0.29) is 5.92 Å². The van der Waals surface area contributed by atoms with Crippen molar-refractivity contribution >= 4 is 5.97 Å². The third-order valence-electron chi connectivity index (χ3n) is 3.47. The van der Waals surface area contributed by atoms with Gasteiger partial charge in [-0.2, -0.15) is 0 Å². The Morgan fingerprint density at radius 3 is 2.31 bits per heavy atom. The Kier molecular flexibility index (Phi) is 2.97. The molecule has 1 aromatic rings. The van der Waals surface area contributed by atoms with Gasteiger partial charge in [0.05, 0.1) is 5.97 Å². The van der Waals surface area contributed by atoms with Crippen LogP contribution in [0.15, 0.2) is 30.3 Å². The number of benzene rings is 1. The number of aliphatic carboxylic acids is 1. The molecule has 0 heterocycles. The maximum atomic E-state index is 11.2. The van der Waals surface area contributed by atoms with Crippen LogP contribution in [-0.2, 0) is 10.4 Å². The minimum absolute atomic E-state index is 0.222. The van der Waals surface area contributed by atoms with Crippen LogP contribution in [0.5, 0.6) is 0 Å². The highest BCUT2D eigenvalue weighted by Gasteiger charge is 2.41. The van der Waals surface area contributed by atoms with Crippen molar-refractivity contribution < 1.29 is 15.0 Å². The van der Waals surface area contributed by atoms with Gasteiger partial charge in [0.2, 0.25) is 0 Å². The molecular formula is C13H15O3-. The molecule has 0 aromatic heterocycles. The first-order valence-corrected chi connectivity index (χ1v) is 5.65. The number of aliphatic hydroxyl groups is 1. The van der Waals surface area contributed by atoms with Gasteiger partial charge in [0.1, 0.15) is 5.60 Å². The maximum Gasteiger partial charge on any atom is 0.132 e. The lowest BCUT2D eigenvalue weighted by atomic mass is 9.80. The summed E-state index contributed by atoms with van der Waals surface area (Å²) in [5.74, 6) is -1.61. The van der Waals surface area contributed by atoms with Crippen LogP contribution in [0.4, 0.5) is 0 Å². The fourth-order valence-corrected chi connectivity index (χ4v) is 2.56. The molecule has 1 fully saturated rings. The Morgan fingerprint density at radius 2 is 1.81 bits per heavy atom. The molecule has 3 nitrogen and oxygen atoms in total. The smallest absolute Gasteiger partial charge is 0.132 e. The first-order valence-electron chi connectivity index (χ1n) is 5.65. The number of rotatable bonds is 3. The number of hydrogen-bond donors (Lipinski definition) is 1. The normalized spacial score (nSPS) is 20.6. The Balaban J connectivity index is 2.39. The fourth-order valence-electron chi connectivity index (χ4n) is 2.56. The quantitative estimate of drug-likeness (QED) is 0.818. The second-order valence-electron chi connectivity index (χ2n) is 4.40. The van der Waals surface area contributed by atoms with Crippen molar-refractivity contribution in [3.63, 3.8) is 0 Å². The van der Waals surface area contributed by atoms with E-state index >= 15 is 0 Å². The number of carbonyl (C=O) groups excluding carboxylic acids is 1. The number of carboxylic acid groups (broad SMARTS) is 1. The Labute approximate surface area is 94.7 Å². The van der Waals surface area contributed by atoms with Gasteiger partial charge in [-0.3, -0.25) is 0 Å². The van der Waals surface area contributed by atoms with Crippen LogP contribution in [0.3, 0.4) is 0 Å². The van der Waals surface area contributed by atoms with Gasteiger partial charge < -0.3 is 15.0 Å². The zero-order valence-electron chi connectivity index (χ0n) is 9.06. The van der Waals surface area contributed by atoms with Crippen molar-refractivity contribution in [1.82, 2.24) is 0 Å². The second kappa shape index (κ2) is 4.26. The van der Waals surface area contributed by atoms with Crippen LogP contribution in [-0.4, -0.2) is 11.1 Å². The standard InChI is InChI=1S/C13H16O3/c14-12(15)13(16,11-8-4-5-9-11)10-6-2-1-3-7-10/h1-3,6-7,11,16H,4-5,8-9H2,(H,14,15)/p-1/t13-/m0/s1. The maximum absolute atomic E-state index is 11.2. The zero-order valence-corrected chi connectivity index (χ0v) is 9.06. The van der Waals surface area contributed by atoms with Crippen molar-refractivity contribution in [3.05, 3.63) is 35.9 Å². The summed E-state index contributed by atoms with van der Waals surface area (Å²) in [6, 6.07) is 8.56. The number of hydrogen-bond acceptors (Lipinski definition) is 3. The van der Waals surface area contributed by atoms with E-state index in [4.69, 9.17) is 0 Å². The van der Waals surface area contributed by atoms with Crippen molar-refractivity contribution in [1.29, 1.82) is 0 Å². The lowest BCUT2D eigenvalue weighted by Crippen LogP contribution is -2.50. The van der Waals surface area contributed by atoms with E-state index in [1.54, 1.807) is 30.3 Å². The number of carbonyl (C=O) groups is 1. The van der Waals surface area contributed by atoms with E-state index in [9.17, 15) is 15.0 Å². The van der Waals surface area contributed by atoms with Gasteiger partial charge in [-0.1, -0.05) is 43.2 Å². The average Bonchev–Trinajstić information content (AvgIpc) is 2.82. The van der Waals surface area contributed by atoms with Crippen LogP contribution in [0.1, 0.15) is 31.2 Å². The van der Waals surface area contributed by atoms with E-state index in [0.29, 0.717) is 5.56 Å². The molecule has 1 N–H and O–H groups in total. The summed E-state index contributed by atoms with van der Waals surface area (Å²) in [6.07, 6.45) is 3.46. The van der Waals surface area contributed by atoms with E-state index in [2.05, 4.69) is 0 Å². The highest BCUT2D eigenvalue weighted by Crippen LogP contribution is 2.40. The molecular weight excluding hydrogens is 204 g/mol. The van der Waals surface area contributed by atoms with E-state index < -0.39 is 11.6 Å². The molecule has 1 saturated carbocycles. The molecule has 86 valence electrons. The fraction of sp³-hybridized carbons (Fsp3) is 0.462. The minimum Gasteiger partial charge on any atom is -0.547 e. The topological polar surface area (TPSA) is 60.4 Å². The predicted octanol–water partition coefficient (Wildman–Crippen LogP) is 0.814. The second-order valence-corrected chi connectivity index (χ2v) is 4.40. The predicted molar refractivity (Wildman–Crippen MR) is 57.3 cm³/mol. The summed E-state index contributed by atoms with van der Waals surface area (Å²) < 4.78 is 0. The molecule has 16 heavy (non-hydrogen) atoms. The molecule has 3 heteroatoms. The van der Waals surface area contributed by atoms with Gasteiger partial charge >= 0.3 is 0 Å². The third kappa shape index (κ3) is 1.71. The lowest BCUT2D eigenvalue weighted by Gasteiger charge is -2.35. The Hall–Kier alpha value is -1.35. The summed E-state index contributed by atoms with van der Waals surface area (Å²) in [7, 11) is 0. The highest BCUT2D eigenvalue weighted by atomic mass is 16.4. The molecule has 1 aliphatic carbocycles. The van der Waals surface area contributed by atoms with Crippen molar-refractivity contribution in [2.45, 2.75) is 31.3 Å². The van der Waals surface area contributed by atoms with E-state index in [1.807, 2.05) is 0 Å². The van der Waals surface area contributed by atoms with Crippen molar-refractivity contribution in [3.8, 4) is 0 Å². The molecule has 0 radical (unpaired) electrons. The highest BCUT2D eigenvalue weighted by molar-refractivity contribution is 5.77. The van der Waals surface area contributed by atoms with Gasteiger partial charge in [0.15, 0.2) is 0 Å². The molecule has 1 aliphatic rings. The summed E-state index contributed by atoms with van der Waals surface area (Å²) in [5, 5.41) is 21.6. The first kappa shape index (κ1) is 11.1. The van der Waals surface area contributed by atoms with Crippen LogP contribution in [0, 0.1) is 5.92 Å². The molecule has 0 saturated heterocycles. The SMILES string of the molecule is O=C([O-])[C@](O)(c1ccccc1)C1CCCC1. The van der Waals surface area contributed by atoms with Gasteiger partial charge in [-0.15, -0.1) is 0 Å². The van der Waals surface area contributed by atoms with Crippen LogP contribution in [0.25, 0.3) is 0 Å². The molecule has 0 bridgehead atoms. The van der Waals surface area contributed by atoms with Gasteiger partial charge in [0.25, 0.3) is 0 Å². The van der Waals surface area contributed by atoms with Crippen LogP contribution in [0.2, 0.25) is 0 Å². The van der Waals surface area contributed by atoms with Crippen LogP contribution < -0.4 is 5.11 Å². The Morgan fingerprint density at radius 1 is 1.25 bits per heavy atom. The third-order valence-corrected chi connectivity index (χ3v) is 3.47. The van der Waals surface area contributed by atoms with E-state index in [0.717, 1.165) is 25.7 Å². The zero-order chi connectivity index (χ0) is 11.6. The molecule has 0 amide bonds. The monoisotopic (exact) mass is 219 g/mol. The average molecular weight is 219 g/mol. The molecule has 1 aromatic carbocycles. The first-order chi connectivity index (χ1) is 7.65. The van der Waals surface area contributed by atoms with Gasteiger partial charge in [-0.25, -0.2) is 0 Å². The Bertz CT molecular complexity index is 368. The summed E-state index contributed by atoms with van der Waals surface area (Å²) in [4.78, 5) is 11.2. The van der Waals surface area contributed by atoms with Gasteiger partial charge in [-0.05, 0) is 24.3 Å². The summed E-state index contributed by atoms with van der Waals surface area (Å²) >= 11 is 0. The van der Waals surface area contributed by atoms with Gasteiger partial charge in [0, 0.05) is 0 Å². The van der Waals surface area contributed by atoms with E-state index in [1.165, 1.54) is 0 Å². The summed E-state index contributed by atoms with van der Waals surface area (Å²) in [5.41, 5.74) is -1.39. The number of carboxylic acids is 1. The van der Waals surface area contributed by atoms with Crippen molar-refractivity contribution in [2.24, 2.45) is 5.92 Å².